The highest BCUT2D eigenvalue weighted by molar-refractivity contribution is 9.10. The lowest BCUT2D eigenvalue weighted by Crippen LogP contribution is -2.18. The Morgan fingerprint density at radius 3 is 2.67 bits per heavy atom. The van der Waals surface area contributed by atoms with E-state index in [1.807, 2.05) is 26.1 Å². The first-order valence-electron chi connectivity index (χ1n) is 5.41. The lowest BCUT2D eigenvalue weighted by atomic mass is 10.0. The van der Waals surface area contributed by atoms with Crippen LogP contribution >= 0.6 is 38.9 Å². The molecule has 1 aromatic heterocycles. The van der Waals surface area contributed by atoms with Crippen LogP contribution in [0.3, 0.4) is 0 Å². The minimum absolute atomic E-state index is 0.182. The van der Waals surface area contributed by atoms with Crippen LogP contribution in [0.4, 0.5) is 4.39 Å². The Hall–Kier alpha value is -0.420. The number of rotatable bonds is 3. The van der Waals surface area contributed by atoms with Crippen molar-refractivity contribution in [2.24, 2.45) is 0 Å². The summed E-state index contributed by atoms with van der Waals surface area (Å²) in [5.41, 5.74) is 1.68. The smallest absolute Gasteiger partial charge is 0.128 e. The zero-order chi connectivity index (χ0) is 13.3. The molecular formula is C13H12BrClFNS. The molecule has 0 aliphatic heterocycles. The molecule has 0 bridgehead atoms. The maximum atomic E-state index is 13.9. The van der Waals surface area contributed by atoms with Gasteiger partial charge in [-0.2, -0.15) is 0 Å². The van der Waals surface area contributed by atoms with Gasteiger partial charge < -0.3 is 5.32 Å². The van der Waals surface area contributed by atoms with E-state index in [4.69, 9.17) is 11.6 Å². The maximum Gasteiger partial charge on any atom is 0.128 e. The molecular weight excluding hydrogens is 337 g/mol. The zero-order valence-corrected chi connectivity index (χ0v) is 13.1. The van der Waals surface area contributed by atoms with Crippen LogP contribution in [0, 0.1) is 12.7 Å². The standard InChI is InChI=1S/C13H12BrClFNS/c1-7-3-4-10(16)8(5-7)12(17-2)11-6-9(14)13(15)18-11/h3-6,12,17H,1-2H3. The first-order chi connectivity index (χ1) is 8.52. The molecule has 1 heterocycles. The van der Waals surface area contributed by atoms with Crippen molar-refractivity contribution in [1.82, 2.24) is 5.32 Å². The topological polar surface area (TPSA) is 12.0 Å². The lowest BCUT2D eigenvalue weighted by Gasteiger charge is -2.16. The molecule has 2 rings (SSSR count). The van der Waals surface area contributed by atoms with Gasteiger partial charge in [0.25, 0.3) is 0 Å². The van der Waals surface area contributed by atoms with E-state index >= 15 is 0 Å². The summed E-state index contributed by atoms with van der Waals surface area (Å²) >= 11 is 10.9. The normalized spacial score (nSPS) is 12.7. The molecule has 0 aliphatic rings. The third kappa shape index (κ3) is 2.77. The van der Waals surface area contributed by atoms with E-state index in [0.717, 1.165) is 14.9 Å². The van der Waals surface area contributed by atoms with Crippen LogP contribution in [-0.2, 0) is 0 Å². The predicted octanol–water partition coefficient (Wildman–Crippen LogP) is 4.92. The second-order valence-electron chi connectivity index (χ2n) is 4.02. The van der Waals surface area contributed by atoms with E-state index in [9.17, 15) is 4.39 Å². The van der Waals surface area contributed by atoms with Crippen molar-refractivity contribution in [2.45, 2.75) is 13.0 Å². The van der Waals surface area contributed by atoms with Gasteiger partial charge >= 0.3 is 0 Å². The SMILES string of the molecule is CNC(c1cc(Br)c(Cl)s1)c1cc(C)ccc1F. The van der Waals surface area contributed by atoms with Gasteiger partial charge in [-0.25, -0.2) is 4.39 Å². The van der Waals surface area contributed by atoms with E-state index in [2.05, 4.69) is 21.2 Å². The van der Waals surface area contributed by atoms with Crippen molar-refractivity contribution in [3.8, 4) is 0 Å². The molecule has 0 radical (unpaired) electrons. The minimum atomic E-state index is -0.208. The average Bonchev–Trinajstić information content (AvgIpc) is 2.65. The third-order valence-electron chi connectivity index (χ3n) is 2.70. The highest BCUT2D eigenvalue weighted by Crippen LogP contribution is 2.37. The van der Waals surface area contributed by atoms with Crippen LogP contribution in [0.2, 0.25) is 4.34 Å². The molecule has 0 spiro atoms. The summed E-state index contributed by atoms with van der Waals surface area (Å²) in [5, 5.41) is 3.13. The monoisotopic (exact) mass is 347 g/mol. The van der Waals surface area contributed by atoms with Crippen LogP contribution in [0.1, 0.15) is 22.0 Å². The number of nitrogens with one attached hydrogen (secondary N) is 1. The number of thiophene rings is 1. The molecule has 18 heavy (non-hydrogen) atoms. The quantitative estimate of drug-likeness (QED) is 0.830. The Bertz CT molecular complexity index is 551. The maximum absolute atomic E-state index is 13.9. The molecule has 1 nitrogen and oxygen atoms in total. The number of benzene rings is 1. The molecule has 0 aliphatic carbocycles. The number of hydrogen-bond acceptors (Lipinski definition) is 2. The van der Waals surface area contributed by atoms with Crippen molar-refractivity contribution < 1.29 is 4.39 Å². The van der Waals surface area contributed by atoms with Gasteiger partial charge in [-0.1, -0.05) is 29.3 Å². The molecule has 5 heteroatoms. The summed E-state index contributed by atoms with van der Waals surface area (Å²) in [4.78, 5) is 0.985. The molecule has 2 aromatic rings. The van der Waals surface area contributed by atoms with Gasteiger partial charge in [0.1, 0.15) is 10.2 Å². The van der Waals surface area contributed by atoms with E-state index in [1.54, 1.807) is 6.07 Å². The van der Waals surface area contributed by atoms with Gasteiger partial charge in [-0.3, -0.25) is 0 Å². The second-order valence-corrected chi connectivity index (χ2v) is 6.56. The number of hydrogen-bond donors (Lipinski definition) is 1. The lowest BCUT2D eigenvalue weighted by molar-refractivity contribution is 0.578. The Morgan fingerprint density at radius 1 is 1.39 bits per heavy atom. The fraction of sp³-hybridized carbons (Fsp3) is 0.231. The van der Waals surface area contributed by atoms with Crippen molar-refractivity contribution in [1.29, 1.82) is 0 Å². The van der Waals surface area contributed by atoms with E-state index in [-0.39, 0.29) is 11.9 Å². The molecule has 1 unspecified atom stereocenters. The molecule has 0 amide bonds. The minimum Gasteiger partial charge on any atom is -0.309 e. The van der Waals surface area contributed by atoms with E-state index < -0.39 is 0 Å². The van der Waals surface area contributed by atoms with Gasteiger partial charge in [-0.05, 0) is 42.0 Å². The molecule has 96 valence electrons. The Morgan fingerprint density at radius 2 is 2.11 bits per heavy atom. The fourth-order valence-electron chi connectivity index (χ4n) is 1.84. The van der Waals surface area contributed by atoms with Gasteiger partial charge in [0.2, 0.25) is 0 Å². The molecule has 1 aromatic carbocycles. The van der Waals surface area contributed by atoms with Crippen LogP contribution in [0.25, 0.3) is 0 Å². The van der Waals surface area contributed by atoms with Gasteiger partial charge in [0.15, 0.2) is 0 Å². The van der Waals surface area contributed by atoms with E-state index in [1.165, 1.54) is 17.4 Å². The fourth-order valence-corrected chi connectivity index (χ4v) is 3.71. The van der Waals surface area contributed by atoms with Crippen molar-refractivity contribution >= 4 is 38.9 Å². The van der Waals surface area contributed by atoms with Crippen LogP contribution < -0.4 is 5.32 Å². The van der Waals surface area contributed by atoms with E-state index in [0.29, 0.717) is 9.90 Å². The average molecular weight is 349 g/mol. The molecule has 1 N–H and O–H groups in total. The summed E-state index contributed by atoms with van der Waals surface area (Å²) in [7, 11) is 1.81. The third-order valence-corrected chi connectivity index (χ3v) is 5.24. The van der Waals surface area contributed by atoms with Crippen molar-refractivity contribution in [3.05, 3.63) is 54.9 Å². The Labute approximate surface area is 123 Å². The van der Waals surface area contributed by atoms with Gasteiger partial charge in [0.05, 0.1) is 6.04 Å². The summed E-state index contributed by atoms with van der Waals surface area (Å²) in [6.07, 6.45) is 0. The Balaban J connectivity index is 2.48. The van der Waals surface area contributed by atoms with Gasteiger partial charge in [-0.15, -0.1) is 11.3 Å². The Kier molecular flexibility index (Phi) is 4.43. The molecule has 0 fully saturated rings. The summed E-state index contributed by atoms with van der Waals surface area (Å²) in [6, 6.07) is 6.87. The van der Waals surface area contributed by atoms with Crippen LogP contribution in [0.5, 0.6) is 0 Å². The summed E-state index contributed by atoms with van der Waals surface area (Å²) < 4.78 is 15.4. The number of halogens is 3. The van der Waals surface area contributed by atoms with Gasteiger partial charge in [0, 0.05) is 14.9 Å². The highest BCUT2D eigenvalue weighted by atomic mass is 79.9. The molecule has 1 atom stereocenters. The predicted molar refractivity (Wildman–Crippen MR) is 79.1 cm³/mol. The molecule has 0 saturated heterocycles. The summed E-state index contributed by atoms with van der Waals surface area (Å²) in [5.74, 6) is -0.208. The molecule has 0 saturated carbocycles. The first-order valence-corrected chi connectivity index (χ1v) is 7.39. The number of aryl methyl sites for hydroxylation is 1. The van der Waals surface area contributed by atoms with Crippen molar-refractivity contribution in [3.63, 3.8) is 0 Å². The van der Waals surface area contributed by atoms with Crippen LogP contribution in [0.15, 0.2) is 28.7 Å². The largest absolute Gasteiger partial charge is 0.309 e. The first kappa shape index (κ1) is 14.0. The van der Waals surface area contributed by atoms with Crippen molar-refractivity contribution in [2.75, 3.05) is 7.05 Å². The van der Waals surface area contributed by atoms with Crippen LogP contribution in [-0.4, -0.2) is 7.05 Å². The highest BCUT2D eigenvalue weighted by Gasteiger charge is 2.19. The second kappa shape index (κ2) is 5.70. The zero-order valence-electron chi connectivity index (χ0n) is 9.93. The summed E-state index contributed by atoms with van der Waals surface area (Å²) in [6.45, 7) is 1.95.